The summed E-state index contributed by atoms with van der Waals surface area (Å²) in [6, 6.07) is 6.76. The van der Waals surface area contributed by atoms with Crippen molar-refractivity contribution in [2.45, 2.75) is 19.1 Å². The number of nitrogens with zero attached hydrogens (tertiary/aromatic N) is 3. The van der Waals surface area contributed by atoms with Crippen LogP contribution in [0.1, 0.15) is 28.4 Å². The summed E-state index contributed by atoms with van der Waals surface area (Å²) < 4.78 is 60.4. The molecule has 1 aliphatic heterocycles. The Kier molecular flexibility index (Phi) is 7.18. The molecule has 0 radical (unpaired) electrons. The SMILES string of the molecule is CCOCC1C(=O)N(c2ccc(C#N)c(C(F)(F)F)c2)C(=S)N1c1ccc(C(=O)NC)c(F)c1. The lowest BCUT2D eigenvalue weighted by Crippen LogP contribution is -2.38. The average molecular weight is 494 g/mol. The van der Waals surface area contributed by atoms with Gasteiger partial charge in [0.1, 0.15) is 11.9 Å². The zero-order valence-electron chi connectivity index (χ0n) is 17.9. The molecule has 2 aromatic rings. The lowest BCUT2D eigenvalue weighted by atomic mass is 10.1. The lowest BCUT2D eigenvalue weighted by Gasteiger charge is -2.24. The molecule has 1 unspecified atom stereocenters. The number of rotatable bonds is 6. The predicted molar refractivity (Wildman–Crippen MR) is 119 cm³/mol. The third-order valence-corrected chi connectivity index (χ3v) is 5.46. The van der Waals surface area contributed by atoms with Crippen LogP contribution in [-0.2, 0) is 15.7 Å². The van der Waals surface area contributed by atoms with Gasteiger partial charge in [0.05, 0.1) is 35.1 Å². The Balaban J connectivity index is 2.09. The number of carbonyl (C=O) groups excluding carboxylic acids is 2. The fourth-order valence-electron chi connectivity index (χ4n) is 3.47. The molecule has 2 aromatic carbocycles. The van der Waals surface area contributed by atoms with Crippen LogP contribution in [0.15, 0.2) is 36.4 Å². The average Bonchev–Trinajstić information content (AvgIpc) is 3.05. The van der Waals surface area contributed by atoms with E-state index in [1.54, 1.807) is 6.92 Å². The third-order valence-electron chi connectivity index (χ3n) is 5.08. The molecule has 1 atom stereocenters. The molecule has 1 aliphatic rings. The molecule has 0 aromatic heterocycles. The molecule has 1 heterocycles. The number of alkyl halides is 3. The molecule has 3 rings (SSSR count). The van der Waals surface area contributed by atoms with Crippen molar-refractivity contribution in [2.75, 3.05) is 30.1 Å². The van der Waals surface area contributed by atoms with Gasteiger partial charge in [-0.2, -0.15) is 18.4 Å². The fraction of sp³-hybridized carbons (Fsp3) is 0.273. The van der Waals surface area contributed by atoms with E-state index in [1.165, 1.54) is 36.2 Å². The van der Waals surface area contributed by atoms with Gasteiger partial charge in [0.2, 0.25) is 0 Å². The summed E-state index contributed by atoms with van der Waals surface area (Å²) in [7, 11) is 1.34. The normalized spacial score (nSPS) is 16.1. The molecule has 2 amide bonds. The number of anilines is 2. The van der Waals surface area contributed by atoms with Crippen LogP contribution in [0.25, 0.3) is 0 Å². The van der Waals surface area contributed by atoms with Crippen LogP contribution < -0.4 is 15.1 Å². The molecular formula is C22H18F4N4O3S. The number of ether oxygens (including phenoxy) is 1. The molecule has 7 nitrogen and oxygen atoms in total. The van der Waals surface area contributed by atoms with Crippen molar-refractivity contribution >= 4 is 40.5 Å². The van der Waals surface area contributed by atoms with E-state index < -0.39 is 41.0 Å². The van der Waals surface area contributed by atoms with Gasteiger partial charge in [-0.1, -0.05) is 0 Å². The molecule has 1 saturated heterocycles. The van der Waals surface area contributed by atoms with Crippen LogP contribution in [0.5, 0.6) is 0 Å². The Morgan fingerprint density at radius 2 is 1.91 bits per heavy atom. The van der Waals surface area contributed by atoms with Crippen LogP contribution in [0.3, 0.4) is 0 Å². The first kappa shape index (κ1) is 25.1. The summed E-state index contributed by atoms with van der Waals surface area (Å²) in [5.41, 5.74) is -2.15. The Morgan fingerprint density at radius 3 is 2.47 bits per heavy atom. The molecule has 34 heavy (non-hydrogen) atoms. The minimum Gasteiger partial charge on any atom is -0.379 e. The van der Waals surface area contributed by atoms with Gasteiger partial charge in [0.25, 0.3) is 11.8 Å². The zero-order valence-corrected chi connectivity index (χ0v) is 18.8. The second-order valence-electron chi connectivity index (χ2n) is 7.08. The number of amides is 2. The van der Waals surface area contributed by atoms with Gasteiger partial charge in [-0.05, 0) is 55.5 Å². The van der Waals surface area contributed by atoms with Crippen molar-refractivity contribution < 1.29 is 31.9 Å². The maximum absolute atomic E-state index is 14.6. The number of benzene rings is 2. The predicted octanol–water partition coefficient (Wildman–Crippen LogP) is 3.62. The van der Waals surface area contributed by atoms with Gasteiger partial charge in [0.15, 0.2) is 5.11 Å². The Morgan fingerprint density at radius 1 is 1.24 bits per heavy atom. The van der Waals surface area contributed by atoms with E-state index >= 15 is 0 Å². The van der Waals surface area contributed by atoms with E-state index in [2.05, 4.69) is 5.32 Å². The first-order valence-electron chi connectivity index (χ1n) is 9.93. The van der Waals surface area contributed by atoms with E-state index in [-0.39, 0.29) is 35.3 Å². The van der Waals surface area contributed by atoms with E-state index in [0.29, 0.717) is 6.07 Å². The highest BCUT2D eigenvalue weighted by atomic mass is 32.1. The van der Waals surface area contributed by atoms with Crippen LogP contribution in [0, 0.1) is 17.1 Å². The molecule has 12 heteroatoms. The number of halogens is 4. The molecular weight excluding hydrogens is 476 g/mol. The number of carbonyl (C=O) groups is 2. The van der Waals surface area contributed by atoms with E-state index in [9.17, 15) is 27.2 Å². The highest BCUT2D eigenvalue weighted by Gasteiger charge is 2.45. The number of nitriles is 1. The number of thiocarbonyl (C=S) groups is 1. The summed E-state index contributed by atoms with van der Waals surface area (Å²) in [6.45, 7) is 1.75. The molecule has 178 valence electrons. The van der Waals surface area contributed by atoms with Gasteiger partial charge < -0.3 is 15.0 Å². The largest absolute Gasteiger partial charge is 0.417 e. The van der Waals surface area contributed by atoms with Crippen LogP contribution >= 0.6 is 12.2 Å². The van der Waals surface area contributed by atoms with Crippen LogP contribution in [0.4, 0.5) is 28.9 Å². The lowest BCUT2D eigenvalue weighted by molar-refractivity contribution is -0.137. The Bertz CT molecular complexity index is 1200. The van der Waals surface area contributed by atoms with Gasteiger partial charge in [0, 0.05) is 19.3 Å². The first-order chi connectivity index (χ1) is 16.0. The Labute approximate surface area is 197 Å². The summed E-state index contributed by atoms with van der Waals surface area (Å²) >= 11 is 5.41. The molecule has 0 bridgehead atoms. The van der Waals surface area contributed by atoms with Crippen molar-refractivity contribution in [1.82, 2.24) is 5.32 Å². The summed E-state index contributed by atoms with van der Waals surface area (Å²) in [4.78, 5) is 27.2. The number of nitrogens with one attached hydrogen (secondary N) is 1. The zero-order chi connectivity index (χ0) is 25.2. The highest BCUT2D eigenvalue weighted by molar-refractivity contribution is 7.81. The van der Waals surface area contributed by atoms with Crippen molar-refractivity contribution in [3.63, 3.8) is 0 Å². The second kappa shape index (κ2) is 9.74. The summed E-state index contributed by atoms with van der Waals surface area (Å²) in [5, 5.41) is 11.1. The fourth-order valence-corrected chi connectivity index (χ4v) is 3.90. The minimum atomic E-state index is -4.84. The van der Waals surface area contributed by atoms with Crippen LogP contribution in [-0.4, -0.2) is 43.2 Å². The quantitative estimate of drug-likeness (QED) is 0.488. The van der Waals surface area contributed by atoms with E-state index in [4.69, 9.17) is 22.2 Å². The van der Waals surface area contributed by atoms with Crippen molar-refractivity contribution in [3.05, 3.63) is 58.9 Å². The molecule has 0 spiro atoms. The molecule has 1 fully saturated rings. The van der Waals surface area contributed by atoms with Gasteiger partial charge >= 0.3 is 6.18 Å². The van der Waals surface area contributed by atoms with Gasteiger partial charge in [-0.15, -0.1) is 0 Å². The second-order valence-corrected chi connectivity index (χ2v) is 7.45. The molecule has 0 saturated carbocycles. The molecule has 0 aliphatic carbocycles. The number of hydrogen-bond acceptors (Lipinski definition) is 5. The molecule has 1 N–H and O–H groups in total. The van der Waals surface area contributed by atoms with Crippen molar-refractivity contribution in [1.29, 1.82) is 5.26 Å². The third kappa shape index (κ3) is 4.57. The monoisotopic (exact) mass is 494 g/mol. The Hall–Kier alpha value is -3.56. The standard InChI is InChI=1S/C22H18F4N4O3S/c1-3-33-11-18-20(32)30(13-5-4-12(10-27)16(8-13)22(24,25)26)21(34)29(18)14-6-7-15(17(23)9-14)19(31)28-2/h4-9,18H,3,11H2,1-2H3,(H,28,31). The number of hydrogen-bond donors (Lipinski definition) is 1. The summed E-state index contributed by atoms with van der Waals surface area (Å²) in [5.74, 6) is -2.22. The summed E-state index contributed by atoms with van der Waals surface area (Å²) in [6.07, 6.45) is -4.84. The van der Waals surface area contributed by atoms with E-state index in [0.717, 1.165) is 17.0 Å². The minimum absolute atomic E-state index is 0.111. The van der Waals surface area contributed by atoms with Crippen LogP contribution in [0.2, 0.25) is 0 Å². The maximum atomic E-state index is 14.6. The topological polar surface area (TPSA) is 85.7 Å². The van der Waals surface area contributed by atoms with Crippen molar-refractivity contribution in [3.8, 4) is 6.07 Å². The van der Waals surface area contributed by atoms with Gasteiger partial charge in [-0.3, -0.25) is 14.5 Å². The van der Waals surface area contributed by atoms with E-state index in [1.807, 2.05) is 0 Å². The first-order valence-corrected chi connectivity index (χ1v) is 10.3. The maximum Gasteiger partial charge on any atom is 0.417 e. The van der Waals surface area contributed by atoms with Crippen molar-refractivity contribution in [2.24, 2.45) is 0 Å². The smallest absolute Gasteiger partial charge is 0.379 e. The highest BCUT2D eigenvalue weighted by Crippen LogP contribution is 2.37. The van der Waals surface area contributed by atoms with Gasteiger partial charge in [-0.25, -0.2) is 4.39 Å².